The number of nitrogens with zero attached hydrogens (tertiary/aromatic N) is 5. The minimum atomic E-state index is -0.237. The van der Waals surface area contributed by atoms with E-state index in [1.54, 1.807) is 12.3 Å². The van der Waals surface area contributed by atoms with Crippen LogP contribution in [0, 0.1) is 6.92 Å². The second-order valence-electron chi connectivity index (χ2n) is 8.19. The van der Waals surface area contributed by atoms with Gasteiger partial charge in [-0.3, -0.25) is 9.59 Å². The van der Waals surface area contributed by atoms with E-state index in [0.29, 0.717) is 30.4 Å². The molecule has 1 amide bonds. The Morgan fingerprint density at radius 3 is 2.55 bits per heavy atom. The SMILES string of the molecule is Cc1cccc(N2CCN(C(=O)Cn3cc(-c4nnc(C(C)C)o4)ccc3=O)CC2)c1. The first-order chi connectivity index (χ1) is 14.9. The molecule has 4 rings (SSSR count). The fourth-order valence-corrected chi connectivity index (χ4v) is 3.65. The van der Waals surface area contributed by atoms with Gasteiger partial charge in [0.2, 0.25) is 17.7 Å². The molecule has 1 aliphatic heterocycles. The Bertz CT molecular complexity index is 1130. The summed E-state index contributed by atoms with van der Waals surface area (Å²) >= 11 is 0. The number of carbonyl (C=O) groups excluding carboxylic acids is 1. The average Bonchev–Trinajstić information content (AvgIpc) is 3.26. The highest BCUT2D eigenvalue weighted by Gasteiger charge is 2.22. The van der Waals surface area contributed by atoms with Gasteiger partial charge in [0, 0.05) is 50.0 Å². The van der Waals surface area contributed by atoms with E-state index in [0.717, 1.165) is 13.1 Å². The van der Waals surface area contributed by atoms with E-state index in [2.05, 4.69) is 46.3 Å². The van der Waals surface area contributed by atoms with Crippen molar-refractivity contribution >= 4 is 11.6 Å². The molecule has 162 valence electrons. The Kier molecular flexibility index (Phi) is 5.88. The van der Waals surface area contributed by atoms with E-state index in [1.807, 2.05) is 18.7 Å². The number of amides is 1. The van der Waals surface area contributed by atoms with E-state index in [9.17, 15) is 9.59 Å². The summed E-state index contributed by atoms with van der Waals surface area (Å²) in [5.41, 5.74) is 2.78. The fraction of sp³-hybridized carbons (Fsp3) is 0.391. The van der Waals surface area contributed by atoms with Crippen LogP contribution in [-0.2, 0) is 11.3 Å². The monoisotopic (exact) mass is 421 g/mol. The number of aryl methyl sites for hydroxylation is 1. The zero-order chi connectivity index (χ0) is 22.0. The molecule has 8 nitrogen and oxygen atoms in total. The van der Waals surface area contributed by atoms with Crippen LogP contribution in [0.3, 0.4) is 0 Å². The smallest absolute Gasteiger partial charge is 0.251 e. The molecule has 0 bridgehead atoms. The van der Waals surface area contributed by atoms with Gasteiger partial charge in [0.15, 0.2) is 0 Å². The van der Waals surface area contributed by atoms with Crippen molar-refractivity contribution in [2.75, 3.05) is 31.1 Å². The van der Waals surface area contributed by atoms with Gasteiger partial charge in [-0.1, -0.05) is 26.0 Å². The second-order valence-corrected chi connectivity index (χ2v) is 8.19. The molecule has 3 heterocycles. The van der Waals surface area contributed by atoms with Crippen LogP contribution >= 0.6 is 0 Å². The number of hydrogen-bond acceptors (Lipinski definition) is 6. The first-order valence-corrected chi connectivity index (χ1v) is 10.5. The van der Waals surface area contributed by atoms with Crippen molar-refractivity contribution in [3.63, 3.8) is 0 Å². The van der Waals surface area contributed by atoms with Gasteiger partial charge in [-0.05, 0) is 30.7 Å². The van der Waals surface area contributed by atoms with Crippen LogP contribution in [0.1, 0.15) is 31.2 Å². The van der Waals surface area contributed by atoms with Gasteiger partial charge in [0.1, 0.15) is 6.54 Å². The average molecular weight is 422 g/mol. The lowest BCUT2D eigenvalue weighted by Gasteiger charge is -2.36. The molecule has 31 heavy (non-hydrogen) atoms. The van der Waals surface area contributed by atoms with Gasteiger partial charge in [-0.2, -0.15) is 0 Å². The molecule has 8 heteroatoms. The molecule has 2 aromatic heterocycles. The number of aromatic nitrogens is 3. The molecule has 0 unspecified atom stereocenters. The Morgan fingerprint density at radius 1 is 1.10 bits per heavy atom. The Labute approximate surface area is 181 Å². The van der Waals surface area contributed by atoms with Gasteiger partial charge in [-0.25, -0.2) is 0 Å². The van der Waals surface area contributed by atoms with Gasteiger partial charge in [0.25, 0.3) is 5.56 Å². The van der Waals surface area contributed by atoms with Crippen LogP contribution < -0.4 is 10.5 Å². The molecule has 0 saturated carbocycles. The Hall–Kier alpha value is -3.42. The van der Waals surface area contributed by atoms with Gasteiger partial charge < -0.3 is 18.8 Å². The molecule has 1 fully saturated rings. The highest BCUT2D eigenvalue weighted by atomic mass is 16.4. The molecular formula is C23H27N5O3. The van der Waals surface area contributed by atoms with Crippen molar-refractivity contribution < 1.29 is 9.21 Å². The van der Waals surface area contributed by atoms with E-state index in [-0.39, 0.29) is 23.9 Å². The van der Waals surface area contributed by atoms with Crippen LogP contribution in [0.5, 0.6) is 0 Å². The van der Waals surface area contributed by atoms with Crippen molar-refractivity contribution in [2.24, 2.45) is 0 Å². The third-order valence-corrected chi connectivity index (χ3v) is 5.47. The lowest BCUT2D eigenvalue weighted by molar-refractivity contribution is -0.132. The predicted molar refractivity (Wildman–Crippen MR) is 118 cm³/mol. The highest BCUT2D eigenvalue weighted by molar-refractivity contribution is 5.76. The zero-order valence-corrected chi connectivity index (χ0v) is 18.1. The maximum absolute atomic E-state index is 12.9. The number of rotatable bonds is 5. The third-order valence-electron chi connectivity index (χ3n) is 5.47. The molecule has 0 aliphatic carbocycles. The first-order valence-electron chi connectivity index (χ1n) is 10.5. The largest absolute Gasteiger partial charge is 0.420 e. The van der Waals surface area contributed by atoms with Gasteiger partial charge in [0.05, 0.1) is 5.56 Å². The van der Waals surface area contributed by atoms with Crippen molar-refractivity contribution in [1.82, 2.24) is 19.7 Å². The normalized spacial score (nSPS) is 14.3. The molecular weight excluding hydrogens is 394 g/mol. The molecule has 1 aliphatic rings. The summed E-state index contributed by atoms with van der Waals surface area (Å²) in [7, 11) is 0. The topological polar surface area (TPSA) is 84.5 Å². The molecule has 0 radical (unpaired) electrons. The minimum absolute atomic E-state index is 0.0116. The molecule has 1 saturated heterocycles. The highest BCUT2D eigenvalue weighted by Crippen LogP contribution is 2.21. The third kappa shape index (κ3) is 4.68. The zero-order valence-electron chi connectivity index (χ0n) is 18.1. The van der Waals surface area contributed by atoms with E-state index in [1.165, 1.54) is 21.9 Å². The number of anilines is 1. The Balaban J connectivity index is 1.42. The quantitative estimate of drug-likeness (QED) is 0.630. The lowest BCUT2D eigenvalue weighted by Crippen LogP contribution is -2.50. The summed E-state index contributed by atoms with van der Waals surface area (Å²) in [6, 6.07) is 11.4. The van der Waals surface area contributed by atoms with E-state index >= 15 is 0 Å². The lowest BCUT2D eigenvalue weighted by atomic mass is 10.2. The standard InChI is InChI=1S/C23H27N5O3/c1-16(2)22-24-25-23(31-22)18-7-8-20(29)28(14-18)15-21(30)27-11-9-26(10-12-27)19-6-4-5-17(3)13-19/h4-8,13-14,16H,9-12,15H2,1-3H3. The van der Waals surface area contributed by atoms with Crippen molar-refractivity contribution in [2.45, 2.75) is 33.2 Å². The number of benzene rings is 1. The maximum atomic E-state index is 12.9. The molecule has 1 aromatic carbocycles. The van der Waals surface area contributed by atoms with Gasteiger partial charge >= 0.3 is 0 Å². The summed E-state index contributed by atoms with van der Waals surface area (Å²) in [5.74, 6) is 0.927. The summed E-state index contributed by atoms with van der Waals surface area (Å²) < 4.78 is 7.08. The van der Waals surface area contributed by atoms with Crippen molar-refractivity contribution in [3.8, 4) is 11.5 Å². The molecule has 0 spiro atoms. The first kappa shape index (κ1) is 20.8. The van der Waals surface area contributed by atoms with Crippen LogP contribution in [0.25, 0.3) is 11.5 Å². The Morgan fingerprint density at radius 2 is 1.87 bits per heavy atom. The van der Waals surface area contributed by atoms with Crippen LogP contribution in [-0.4, -0.2) is 51.8 Å². The number of carbonyl (C=O) groups is 1. The summed E-state index contributed by atoms with van der Waals surface area (Å²) in [6.07, 6.45) is 1.61. The summed E-state index contributed by atoms with van der Waals surface area (Å²) in [4.78, 5) is 29.3. The summed E-state index contributed by atoms with van der Waals surface area (Å²) in [5, 5.41) is 8.09. The van der Waals surface area contributed by atoms with Crippen LogP contribution in [0.15, 0.2) is 51.8 Å². The summed E-state index contributed by atoms with van der Waals surface area (Å²) in [6.45, 7) is 8.79. The number of pyridine rings is 1. The van der Waals surface area contributed by atoms with Crippen LogP contribution in [0.2, 0.25) is 0 Å². The molecule has 3 aromatic rings. The van der Waals surface area contributed by atoms with Crippen LogP contribution in [0.4, 0.5) is 5.69 Å². The predicted octanol–water partition coefficient (Wildman–Crippen LogP) is 2.68. The molecule has 0 atom stereocenters. The fourth-order valence-electron chi connectivity index (χ4n) is 3.65. The number of hydrogen-bond donors (Lipinski definition) is 0. The van der Waals surface area contributed by atoms with E-state index < -0.39 is 0 Å². The van der Waals surface area contributed by atoms with Gasteiger partial charge in [-0.15, -0.1) is 10.2 Å². The molecule has 0 N–H and O–H groups in total. The second kappa shape index (κ2) is 8.75. The minimum Gasteiger partial charge on any atom is -0.420 e. The van der Waals surface area contributed by atoms with Crippen molar-refractivity contribution in [3.05, 3.63) is 64.4 Å². The maximum Gasteiger partial charge on any atom is 0.251 e. The number of piperazine rings is 1. The van der Waals surface area contributed by atoms with Crippen molar-refractivity contribution in [1.29, 1.82) is 0 Å². The van der Waals surface area contributed by atoms with E-state index in [4.69, 9.17) is 4.42 Å².